The van der Waals surface area contributed by atoms with E-state index in [9.17, 15) is 9.18 Å². The molecular weight excluding hydrogens is 381 g/mol. The van der Waals surface area contributed by atoms with Gasteiger partial charge in [0.2, 0.25) is 0 Å². The van der Waals surface area contributed by atoms with Gasteiger partial charge in [0.1, 0.15) is 5.82 Å². The Morgan fingerprint density at radius 2 is 2.07 bits per heavy atom. The highest BCUT2D eigenvalue weighted by atomic mass is 19.1. The number of hydrogen-bond acceptors (Lipinski definition) is 4. The topological polar surface area (TPSA) is 71.8 Å². The number of halogens is 1. The Morgan fingerprint density at radius 1 is 1.23 bits per heavy atom. The second-order valence-electron chi connectivity index (χ2n) is 7.67. The second-order valence-corrected chi connectivity index (χ2v) is 7.67. The largest absolute Gasteiger partial charge is 0.347 e. The van der Waals surface area contributed by atoms with Gasteiger partial charge in [-0.3, -0.25) is 14.5 Å². The van der Waals surface area contributed by atoms with Crippen molar-refractivity contribution in [1.29, 1.82) is 0 Å². The third-order valence-electron chi connectivity index (χ3n) is 5.58. The standard InChI is InChI=1S/C23H26FN5O/c1-29-21-10-9-19(26-13-11-18-4-2-3-12-25-18)14-20(21)22(28-29)23(30)27-15-16-5-7-17(24)8-6-16/h2-8,12,19,26H,9-11,13-15H2,1H3,(H,27,30)/t19-/m1/s1. The predicted molar refractivity (Wildman–Crippen MR) is 113 cm³/mol. The van der Waals surface area contributed by atoms with Gasteiger partial charge < -0.3 is 10.6 Å². The fourth-order valence-electron chi connectivity index (χ4n) is 3.96. The first-order valence-corrected chi connectivity index (χ1v) is 10.3. The molecule has 0 fully saturated rings. The molecule has 1 atom stereocenters. The van der Waals surface area contributed by atoms with Crippen LogP contribution >= 0.6 is 0 Å². The minimum atomic E-state index is -0.287. The molecule has 0 saturated carbocycles. The number of pyridine rings is 1. The molecule has 156 valence electrons. The van der Waals surface area contributed by atoms with Crippen molar-refractivity contribution >= 4 is 5.91 Å². The average Bonchev–Trinajstić information content (AvgIpc) is 3.10. The number of aryl methyl sites for hydroxylation is 1. The number of fused-ring (bicyclic) bond motifs is 1. The van der Waals surface area contributed by atoms with Gasteiger partial charge in [0, 0.05) is 55.7 Å². The minimum Gasteiger partial charge on any atom is -0.347 e. The van der Waals surface area contributed by atoms with Gasteiger partial charge in [0.05, 0.1) is 0 Å². The summed E-state index contributed by atoms with van der Waals surface area (Å²) < 4.78 is 14.9. The molecule has 1 aromatic carbocycles. The van der Waals surface area contributed by atoms with Crippen LogP contribution in [0.2, 0.25) is 0 Å². The van der Waals surface area contributed by atoms with E-state index in [-0.39, 0.29) is 11.7 Å². The molecule has 30 heavy (non-hydrogen) atoms. The van der Waals surface area contributed by atoms with E-state index < -0.39 is 0 Å². The molecule has 0 radical (unpaired) electrons. The maximum atomic E-state index is 13.1. The van der Waals surface area contributed by atoms with Crippen LogP contribution in [0.15, 0.2) is 48.7 Å². The number of carbonyl (C=O) groups excluding carboxylic acids is 1. The molecule has 0 aliphatic heterocycles. The lowest BCUT2D eigenvalue weighted by Gasteiger charge is -2.24. The van der Waals surface area contributed by atoms with E-state index in [0.29, 0.717) is 18.3 Å². The lowest BCUT2D eigenvalue weighted by atomic mass is 9.91. The predicted octanol–water partition coefficient (Wildman–Crippen LogP) is 2.57. The summed E-state index contributed by atoms with van der Waals surface area (Å²) in [4.78, 5) is 17.1. The molecule has 2 heterocycles. The molecule has 0 bridgehead atoms. The molecular formula is C23H26FN5O. The Balaban J connectivity index is 1.37. The van der Waals surface area contributed by atoms with E-state index >= 15 is 0 Å². The van der Waals surface area contributed by atoms with Crippen molar-refractivity contribution in [2.75, 3.05) is 6.54 Å². The van der Waals surface area contributed by atoms with E-state index in [1.165, 1.54) is 12.1 Å². The van der Waals surface area contributed by atoms with E-state index in [0.717, 1.165) is 54.7 Å². The maximum Gasteiger partial charge on any atom is 0.272 e. The first kappa shape index (κ1) is 20.2. The monoisotopic (exact) mass is 407 g/mol. The first-order chi connectivity index (χ1) is 14.6. The second kappa shape index (κ2) is 9.17. The SMILES string of the molecule is Cn1nc(C(=O)NCc2ccc(F)cc2)c2c1CC[C@@H](NCCc1ccccn1)C2. The summed E-state index contributed by atoms with van der Waals surface area (Å²) in [6, 6.07) is 12.4. The summed E-state index contributed by atoms with van der Waals surface area (Å²) in [6.07, 6.45) is 5.39. The van der Waals surface area contributed by atoms with Gasteiger partial charge in [-0.05, 0) is 49.1 Å². The van der Waals surface area contributed by atoms with Gasteiger partial charge in [0.15, 0.2) is 5.69 Å². The number of rotatable bonds is 7. The number of amides is 1. The fraction of sp³-hybridized carbons (Fsp3) is 0.348. The first-order valence-electron chi connectivity index (χ1n) is 10.3. The highest BCUT2D eigenvalue weighted by Gasteiger charge is 2.28. The van der Waals surface area contributed by atoms with Gasteiger partial charge in [0.25, 0.3) is 5.91 Å². The quantitative estimate of drug-likeness (QED) is 0.632. The van der Waals surface area contributed by atoms with Gasteiger partial charge in [-0.15, -0.1) is 0 Å². The summed E-state index contributed by atoms with van der Waals surface area (Å²) in [5.41, 5.74) is 4.57. The van der Waals surface area contributed by atoms with Crippen molar-refractivity contribution < 1.29 is 9.18 Å². The zero-order valence-electron chi connectivity index (χ0n) is 17.1. The summed E-state index contributed by atoms with van der Waals surface area (Å²) in [6.45, 7) is 1.19. The Kier molecular flexibility index (Phi) is 6.18. The molecule has 1 aliphatic carbocycles. The van der Waals surface area contributed by atoms with E-state index in [1.54, 1.807) is 12.1 Å². The summed E-state index contributed by atoms with van der Waals surface area (Å²) >= 11 is 0. The molecule has 0 unspecified atom stereocenters. The normalized spacial score (nSPS) is 15.6. The van der Waals surface area contributed by atoms with Crippen LogP contribution < -0.4 is 10.6 Å². The van der Waals surface area contributed by atoms with Crippen LogP contribution in [0.5, 0.6) is 0 Å². The molecule has 6 nitrogen and oxygen atoms in total. The summed E-state index contributed by atoms with van der Waals surface area (Å²) in [5, 5.41) is 11.0. The third-order valence-corrected chi connectivity index (χ3v) is 5.58. The van der Waals surface area contributed by atoms with Crippen LogP contribution in [-0.4, -0.2) is 33.3 Å². The molecule has 3 aromatic rings. The Morgan fingerprint density at radius 3 is 2.83 bits per heavy atom. The van der Waals surface area contributed by atoms with Crippen LogP contribution in [0.25, 0.3) is 0 Å². The number of carbonyl (C=O) groups is 1. The van der Waals surface area contributed by atoms with Gasteiger partial charge in [-0.1, -0.05) is 18.2 Å². The van der Waals surface area contributed by atoms with Crippen molar-refractivity contribution in [2.24, 2.45) is 7.05 Å². The van der Waals surface area contributed by atoms with Gasteiger partial charge in [-0.2, -0.15) is 5.10 Å². The molecule has 0 saturated heterocycles. The zero-order chi connectivity index (χ0) is 20.9. The lowest BCUT2D eigenvalue weighted by Crippen LogP contribution is -2.36. The zero-order valence-corrected chi connectivity index (χ0v) is 17.1. The molecule has 7 heteroatoms. The maximum absolute atomic E-state index is 13.1. The smallest absolute Gasteiger partial charge is 0.272 e. The van der Waals surface area contributed by atoms with Crippen molar-refractivity contribution in [3.05, 3.63) is 82.7 Å². The number of benzene rings is 1. The van der Waals surface area contributed by atoms with Gasteiger partial charge in [-0.25, -0.2) is 4.39 Å². The van der Waals surface area contributed by atoms with Crippen molar-refractivity contribution in [3.63, 3.8) is 0 Å². The Labute approximate surface area is 175 Å². The average molecular weight is 407 g/mol. The molecule has 2 N–H and O–H groups in total. The van der Waals surface area contributed by atoms with E-state index in [2.05, 4.69) is 20.7 Å². The van der Waals surface area contributed by atoms with Crippen LogP contribution in [0.3, 0.4) is 0 Å². The van der Waals surface area contributed by atoms with Crippen molar-refractivity contribution in [2.45, 2.75) is 38.3 Å². The van der Waals surface area contributed by atoms with Crippen LogP contribution in [0.4, 0.5) is 4.39 Å². The fourth-order valence-corrected chi connectivity index (χ4v) is 3.96. The molecule has 1 aliphatic rings. The third kappa shape index (κ3) is 4.74. The number of aromatic nitrogens is 3. The summed E-state index contributed by atoms with van der Waals surface area (Å²) in [5.74, 6) is -0.476. The number of nitrogens with zero attached hydrogens (tertiary/aromatic N) is 3. The van der Waals surface area contributed by atoms with Crippen LogP contribution in [0.1, 0.15) is 39.4 Å². The minimum absolute atomic E-state index is 0.190. The Bertz CT molecular complexity index is 1000. The number of hydrogen-bond donors (Lipinski definition) is 2. The van der Waals surface area contributed by atoms with E-state index in [4.69, 9.17) is 0 Å². The van der Waals surface area contributed by atoms with Crippen LogP contribution in [-0.2, 0) is 32.9 Å². The molecule has 4 rings (SSSR count). The Hall–Kier alpha value is -3.06. The lowest BCUT2D eigenvalue weighted by molar-refractivity contribution is 0.0944. The number of nitrogens with one attached hydrogen (secondary N) is 2. The van der Waals surface area contributed by atoms with Crippen molar-refractivity contribution in [3.8, 4) is 0 Å². The van der Waals surface area contributed by atoms with Gasteiger partial charge >= 0.3 is 0 Å². The highest BCUT2D eigenvalue weighted by molar-refractivity contribution is 5.94. The van der Waals surface area contributed by atoms with E-state index in [1.807, 2.05) is 36.1 Å². The van der Waals surface area contributed by atoms with Crippen LogP contribution in [0, 0.1) is 5.82 Å². The molecule has 0 spiro atoms. The van der Waals surface area contributed by atoms with Crippen molar-refractivity contribution in [1.82, 2.24) is 25.4 Å². The molecule has 1 amide bonds. The summed E-state index contributed by atoms with van der Waals surface area (Å²) in [7, 11) is 1.89. The molecule has 2 aromatic heterocycles. The highest BCUT2D eigenvalue weighted by Crippen LogP contribution is 2.24.